The minimum Gasteiger partial charge on any atom is -0.481 e. The number of ether oxygens (including phenoxy) is 1. The van der Waals surface area contributed by atoms with Crippen molar-refractivity contribution < 1.29 is 36.3 Å². The fourth-order valence-corrected chi connectivity index (χ4v) is 5.24. The Morgan fingerprint density at radius 3 is 2.22 bits per heavy atom. The summed E-state index contributed by atoms with van der Waals surface area (Å²) in [7, 11) is -4.31. The van der Waals surface area contributed by atoms with Crippen LogP contribution in [0.15, 0.2) is 82.3 Å². The SMILES string of the molecule is O=C(NC(C(=O)N1CCN(C(=O)COc2ccccc2F)CC1)S(=O)(=O)c1ccccc1)c1ccco1. The van der Waals surface area contributed by atoms with Crippen LogP contribution in [0.1, 0.15) is 10.6 Å². The Bertz CT molecular complexity index is 1360. The Morgan fingerprint density at radius 1 is 0.919 bits per heavy atom. The van der Waals surface area contributed by atoms with Gasteiger partial charge >= 0.3 is 0 Å². The van der Waals surface area contributed by atoms with Crippen molar-refractivity contribution in [2.45, 2.75) is 10.3 Å². The van der Waals surface area contributed by atoms with Crippen LogP contribution < -0.4 is 10.1 Å². The summed E-state index contributed by atoms with van der Waals surface area (Å²) in [6.45, 7) is -0.118. The average Bonchev–Trinajstić information content (AvgIpc) is 3.46. The van der Waals surface area contributed by atoms with E-state index in [4.69, 9.17) is 9.15 Å². The Hall–Kier alpha value is -4.19. The molecular formula is C25H24FN3O7S. The number of hydrogen-bond donors (Lipinski definition) is 1. The molecule has 4 rings (SSSR count). The monoisotopic (exact) mass is 529 g/mol. The first kappa shape index (κ1) is 25.9. The van der Waals surface area contributed by atoms with Crippen molar-refractivity contribution in [1.29, 1.82) is 0 Å². The number of nitrogens with one attached hydrogen (secondary N) is 1. The zero-order valence-electron chi connectivity index (χ0n) is 19.6. The molecule has 1 aliphatic heterocycles. The molecule has 0 radical (unpaired) electrons. The van der Waals surface area contributed by atoms with Gasteiger partial charge in [0.05, 0.1) is 11.2 Å². The van der Waals surface area contributed by atoms with Crippen molar-refractivity contribution in [3.8, 4) is 5.75 Å². The van der Waals surface area contributed by atoms with E-state index in [0.717, 1.165) is 0 Å². The molecule has 1 unspecified atom stereocenters. The van der Waals surface area contributed by atoms with Crippen molar-refractivity contribution in [3.05, 3.63) is 84.6 Å². The lowest BCUT2D eigenvalue weighted by atomic mass is 10.3. The van der Waals surface area contributed by atoms with E-state index in [1.54, 1.807) is 12.1 Å². The molecule has 2 aromatic carbocycles. The fourth-order valence-electron chi connectivity index (χ4n) is 3.75. The van der Waals surface area contributed by atoms with Gasteiger partial charge in [0.1, 0.15) is 0 Å². The van der Waals surface area contributed by atoms with Crippen molar-refractivity contribution >= 4 is 27.6 Å². The summed E-state index contributed by atoms with van der Waals surface area (Å²) >= 11 is 0. The third-order valence-corrected chi connectivity index (χ3v) is 7.61. The van der Waals surface area contributed by atoms with Gasteiger partial charge in [0.25, 0.3) is 17.7 Å². The molecule has 1 saturated heterocycles. The van der Waals surface area contributed by atoms with Crippen molar-refractivity contribution in [3.63, 3.8) is 0 Å². The van der Waals surface area contributed by atoms with Crippen LogP contribution in [-0.4, -0.2) is 74.1 Å². The van der Waals surface area contributed by atoms with Crippen LogP contribution in [0.5, 0.6) is 5.75 Å². The number of hydrogen-bond acceptors (Lipinski definition) is 7. The Balaban J connectivity index is 1.43. The van der Waals surface area contributed by atoms with E-state index in [2.05, 4.69) is 5.32 Å². The normalized spacial score (nSPS) is 14.6. The molecule has 10 nitrogen and oxygen atoms in total. The molecule has 0 spiro atoms. The summed E-state index contributed by atoms with van der Waals surface area (Å²) in [5.41, 5.74) is 0. The second-order valence-electron chi connectivity index (χ2n) is 8.11. The van der Waals surface area contributed by atoms with E-state index in [-0.39, 0.29) is 49.2 Å². The summed E-state index contributed by atoms with van der Waals surface area (Å²) in [5, 5.41) is 0.381. The van der Waals surface area contributed by atoms with E-state index in [1.807, 2.05) is 0 Å². The maximum Gasteiger partial charge on any atom is 0.288 e. The molecule has 1 aliphatic rings. The highest BCUT2D eigenvalue weighted by Crippen LogP contribution is 2.19. The molecule has 37 heavy (non-hydrogen) atoms. The molecule has 3 amide bonds. The molecule has 194 valence electrons. The largest absolute Gasteiger partial charge is 0.481 e. The molecule has 12 heteroatoms. The lowest BCUT2D eigenvalue weighted by Crippen LogP contribution is -2.58. The van der Waals surface area contributed by atoms with E-state index < -0.39 is 38.7 Å². The number of nitrogens with zero attached hydrogens (tertiary/aromatic N) is 2. The van der Waals surface area contributed by atoms with Crippen LogP contribution in [0, 0.1) is 5.82 Å². The Morgan fingerprint density at radius 2 is 1.57 bits per heavy atom. The van der Waals surface area contributed by atoms with Crippen LogP contribution in [0.4, 0.5) is 4.39 Å². The third kappa shape index (κ3) is 5.97. The highest BCUT2D eigenvalue weighted by atomic mass is 32.2. The van der Waals surface area contributed by atoms with Gasteiger partial charge in [0.15, 0.2) is 23.9 Å². The highest BCUT2D eigenvalue weighted by molar-refractivity contribution is 7.92. The quantitative estimate of drug-likeness (QED) is 0.471. The number of para-hydroxylation sites is 1. The van der Waals surface area contributed by atoms with Gasteiger partial charge in [-0.15, -0.1) is 0 Å². The van der Waals surface area contributed by atoms with Crippen molar-refractivity contribution in [2.75, 3.05) is 32.8 Å². The van der Waals surface area contributed by atoms with Crippen LogP contribution in [0.3, 0.4) is 0 Å². The van der Waals surface area contributed by atoms with Crippen LogP contribution in [-0.2, 0) is 19.4 Å². The standard InChI is InChI=1S/C25H24FN3O7S/c26-19-9-4-5-10-20(19)36-17-22(30)28-12-14-29(15-13-28)25(32)24(27-23(31)21-11-6-16-35-21)37(33,34)18-7-2-1-3-8-18/h1-11,16,24H,12-15,17H2,(H,27,31). The minimum atomic E-state index is -4.31. The number of halogens is 1. The number of amides is 3. The molecule has 1 aromatic heterocycles. The number of carbonyl (C=O) groups excluding carboxylic acids is 3. The van der Waals surface area contributed by atoms with Gasteiger partial charge in [-0.3, -0.25) is 14.4 Å². The maximum absolute atomic E-state index is 13.7. The first-order valence-electron chi connectivity index (χ1n) is 11.3. The van der Waals surface area contributed by atoms with Gasteiger partial charge < -0.3 is 24.3 Å². The van der Waals surface area contributed by atoms with Gasteiger partial charge in [0.2, 0.25) is 15.2 Å². The topological polar surface area (TPSA) is 126 Å². The van der Waals surface area contributed by atoms with E-state index in [1.165, 1.54) is 70.7 Å². The van der Waals surface area contributed by atoms with Gasteiger partial charge in [-0.1, -0.05) is 30.3 Å². The first-order chi connectivity index (χ1) is 17.8. The smallest absolute Gasteiger partial charge is 0.288 e. The average molecular weight is 530 g/mol. The maximum atomic E-state index is 13.7. The van der Waals surface area contributed by atoms with Crippen LogP contribution in [0.25, 0.3) is 0 Å². The molecule has 1 fully saturated rings. The molecule has 2 heterocycles. The van der Waals surface area contributed by atoms with E-state index >= 15 is 0 Å². The van der Waals surface area contributed by atoms with Gasteiger partial charge in [-0.2, -0.15) is 0 Å². The minimum absolute atomic E-state index is 0.0295. The second-order valence-corrected chi connectivity index (χ2v) is 10.1. The lowest BCUT2D eigenvalue weighted by molar-refractivity contribution is -0.140. The number of carbonyl (C=O) groups is 3. The summed E-state index contributed by atoms with van der Waals surface area (Å²) in [5.74, 6) is -2.89. The zero-order chi connectivity index (χ0) is 26.4. The Kier molecular flexibility index (Phi) is 7.87. The van der Waals surface area contributed by atoms with E-state index in [0.29, 0.717) is 0 Å². The zero-order valence-corrected chi connectivity index (χ0v) is 20.4. The molecule has 1 atom stereocenters. The molecule has 0 aliphatic carbocycles. The van der Waals surface area contributed by atoms with Gasteiger partial charge in [-0.25, -0.2) is 12.8 Å². The number of furan rings is 1. The number of sulfone groups is 1. The molecular weight excluding hydrogens is 505 g/mol. The number of piperazine rings is 1. The summed E-state index contributed by atoms with van der Waals surface area (Å²) < 4.78 is 50.7. The third-order valence-electron chi connectivity index (χ3n) is 5.75. The Labute approximate surface area is 212 Å². The highest BCUT2D eigenvalue weighted by Gasteiger charge is 2.40. The van der Waals surface area contributed by atoms with Gasteiger partial charge in [0, 0.05) is 26.2 Å². The number of rotatable bonds is 8. The van der Waals surface area contributed by atoms with Crippen LogP contribution >= 0.6 is 0 Å². The predicted molar refractivity (Wildman–Crippen MR) is 129 cm³/mol. The number of benzene rings is 2. The first-order valence-corrected chi connectivity index (χ1v) is 12.9. The molecule has 1 N–H and O–H groups in total. The summed E-state index contributed by atoms with van der Waals surface area (Å²) in [4.78, 5) is 41.1. The molecule has 0 bridgehead atoms. The van der Waals surface area contributed by atoms with Crippen molar-refractivity contribution in [2.24, 2.45) is 0 Å². The lowest BCUT2D eigenvalue weighted by Gasteiger charge is -2.36. The molecule has 0 saturated carbocycles. The van der Waals surface area contributed by atoms with Crippen LogP contribution in [0.2, 0.25) is 0 Å². The summed E-state index contributed by atoms with van der Waals surface area (Å²) in [6.07, 6.45) is 1.25. The summed E-state index contributed by atoms with van der Waals surface area (Å²) in [6, 6.07) is 15.8. The second kappa shape index (κ2) is 11.2. The fraction of sp³-hybridized carbons (Fsp3) is 0.240. The van der Waals surface area contributed by atoms with Crippen molar-refractivity contribution in [1.82, 2.24) is 15.1 Å². The predicted octanol–water partition coefficient (Wildman–Crippen LogP) is 1.70. The van der Waals surface area contributed by atoms with E-state index in [9.17, 15) is 27.2 Å². The molecule has 3 aromatic rings. The van der Waals surface area contributed by atoms with Gasteiger partial charge in [-0.05, 0) is 36.4 Å².